The van der Waals surface area contributed by atoms with Crippen molar-refractivity contribution >= 4 is 5.96 Å². The molecule has 6 heteroatoms. The molecule has 2 heterocycles. The van der Waals surface area contributed by atoms with Crippen LogP contribution in [-0.2, 0) is 4.74 Å². The lowest BCUT2D eigenvalue weighted by Gasteiger charge is -2.32. The summed E-state index contributed by atoms with van der Waals surface area (Å²) in [7, 11) is 0. The Bertz CT molecular complexity index is 403. The zero-order valence-electron chi connectivity index (χ0n) is 14.5. The average Bonchev–Trinajstić information content (AvgIpc) is 3.22. The molecule has 0 amide bonds. The highest BCUT2D eigenvalue weighted by Gasteiger charge is 2.33. The zero-order valence-corrected chi connectivity index (χ0v) is 14.5. The number of guanidine groups is 1. The van der Waals surface area contributed by atoms with Gasteiger partial charge in [-0.05, 0) is 26.2 Å². The molecule has 1 unspecified atom stereocenters. The lowest BCUT2D eigenvalue weighted by atomic mass is 10.0. The van der Waals surface area contributed by atoms with Gasteiger partial charge in [-0.3, -0.25) is 9.89 Å². The standard InChI is InChI=1S/C17H32N4O2/c1-2-18-16(19-14-17(22)6-3-4-7-17)21-8-5-15(13-21)20-9-11-23-12-10-20/h15,22H,2-14H2,1H3,(H,18,19). The molecule has 3 aliphatic rings. The van der Waals surface area contributed by atoms with Crippen molar-refractivity contribution in [2.24, 2.45) is 4.99 Å². The van der Waals surface area contributed by atoms with Gasteiger partial charge in [-0.25, -0.2) is 0 Å². The van der Waals surface area contributed by atoms with Gasteiger partial charge < -0.3 is 20.1 Å². The second-order valence-electron chi connectivity index (χ2n) is 7.14. The Morgan fingerprint density at radius 1 is 1.26 bits per heavy atom. The van der Waals surface area contributed by atoms with Crippen LogP contribution in [0.2, 0.25) is 0 Å². The van der Waals surface area contributed by atoms with E-state index in [0.717, 1.165) is 77.6 Å². The number of morpholine rings is 1. The normalized spacial score (nSPS) is 29.2. The number of aliphatic imine (C=N–C) groups is 1. The molecule has 0 aromatic rings. The van der Waals surface area contributed by atoms with E-state index in [-0.39, 0.29) is 0 Å². The highest BCUT2D eigenvalue weighted by atomic mass is 16.5. The number of ether oxygens (including phenoxy) is 1. The van der Waals surface area contributed by atoms with Crippen molar-refractivity contribution in [3.8, 4) is 0 Å². The van der Waals surface area contributed by atoms with Gasteiger partial charge in [0.05, 0.1) is 25.4 Å². The van der Waals surface area contributed by atoms with E-state index in [2.05, 4.69) is 22.0 Å². The molecule has 1 atom stereocenters. The van der Waals surface area contributed by atoms with Gasteiger partial charge in [-0.15, -0.1) is 0 Å². The van der Waals surface area contributed by atoms with E-state index in [0.29, 0.717) is 12.6 Å². The van der Waals surface area contributed by atoms with Crippen LogP contribution in [0.3, 0.4) is 0 Å². The number of hydrogen-bond donors (Lipinski definition) is 2. The lowest BCUT2D eigenvalue weighted by Crippen LogP contribution is -2.47. The topological polar surface area (TPSA) is 60.3 Å². The van der Waals surface area contributed by atoms with E-state index >= 15 is 0 Å². The highest BCUT2D eigenvalue weighted by Crippen LogP contribution is 2.29. The summed E-state index contributed by atoms with van der Waals surface area (Å²) < 4.78 is 5.46. The van der Waals surface area contributed by atoms with Crippen LogP contribution in [0.5, 0.6) is 0 Å². The first-order valence-electron chi connectivity index (χ1n) is 9.28. The molecular formula is C17H32N4O2. The van der Waals surface area contributed by atoms with Crippen molar-refractivity contribution in [1.82, 2.24) is 15.1 Å². The maximum absolute atomic E-state index is 10.5. The van der Waals surface area contributed by atoms with E-state index in [1.165, 1.54) is 6.42 Å². The quantitative estimate of drug-likeness (QED) is 0.588. The maximum Gasteiger partial charge on any atom is 0.194 e. The van der Waals surface area contributed by atoms with Crippen molar-refractivity contribution in [1.29, 1.82) is 0 Å². The Morgan fingerprint density at radius 2 is 2.00 bits per heavy atom. The minimum Gasteiger partial charge on any atom is -0.388 e. The maximum atomic E-state index is 10.5. The molecule has 0 aromatic heterocycles. The molecule has 0 spiro atoms. The molecule has 1 saturated carbocycles. The SMILES string of the molecule is CCNC(=NCC1(O)CCCC1)N1CCC(N2CCOCC2)C1. The molecule has 0 aromatic carbocycles. The molecule has 3 rings (SSSR count). The number of rotatable bonds is 4. The third kappa shape index (κ3) is 4.37. The van der Waals surface area contributed by atoms with Crippen molar-refractivity contribution in [2.75, 3.05) is 52.5 Å². The Labute approximate surface area is 139 Å². The van der Waals surface area contributed by atoms with Gasteiger partial charge in [0.25, 0.3) is 0 Å². The minimum absolute atomic E-state index is 0.536. The Balaban J connectivity index is 1.57. The van der Waals surface area contributed by atoms with Gasteiger partial charge in [-0.2, -0.15) is 0 Å². The second-order valence-corrected chi connectivity index (χ2v) is 7.14. The van der Waals surface area contributed by atoms with Crippen LogP contribution in [0, 0.1) is 0 Å². The van der Waals surface area contributed by atoms with Crippen LogP contribution < -0.4 is 5.32 Å². The summed E-state index contributed by atoms with van der Waals surface area (Å²) in [5.41, 5.74) is -0.565. The predicted molar refractivity (Wildman–Crippen MR) is 91.8 cm³/mol. The van der Waals surface area contributed by atoms with Gasteiger partial charge in [0.15, 0.2) is 5.96 Å². The zero-order chi connectivity index (χ0) is 16.1. The van der Waals surface area contributed by atoms with Crippen molar-refractivity contribution in [3.63, 3.8) is 0 Å². The summed E-state index contributed by atoms with van der Waals surface area (Å²) in [6.45, 7) is 9.41. The van der Waals surface area contributed by atoms with Gasteiger partial charge in [0, 0.05) is 38.8 Å². The fraction of sp³-hybridized carbons (Fsp3) is 0.941. The van der Waals surface area contributed by atoms with Crippen LogP contribution in [0.25, 0.3) is 0 Å². The first-order valence-corrected chi connectivity index (χ1v) is 9.28. The average molecular weight is 324 g/mol. The lowest BCUT2D eigenvalue weighted by molar-refractivity contribution is 0.0194. The smallest absolute Gasteiger partial charge is 0.194 e. The number of nitrogens with one attached hydrogen (secondary N) is 1. The Kier molecular flexibility index (Phi) is 5.77. The summed E-state index contributed by atoms with van der Waals surface area (Å²) in [6, 6.07) is 0.609. The molecule has 1 aliphatic carbocycles. The van der Waals surface area contributed by atoms with Crippen LogP contribution in [-0.4, -0.2) is 85.0 Å². The van der Waals surface area contributed by atoms with E-state index in [1.54, 1.807) is 0 Å². The molecule has 0 bridgehead atoms. The number of likely N-dealkylation sites (tertiary alicyclic amines) is 1. The summed E-state index contributed by atoms with van der Waals surface area (Å²) in [4.78, 5) is 9.68. The first kappa shape index (κ1) is 17.0. The van der Waals surface area contributed by atoms with Crippen molar-refractivity contribution in [3.05, 3.63) is 0 Å². The largest absolute Gasteiger partial charge is 0.388 e. The van der Waals surface area contributed by atoms with Crippen LogP contribution >= 0.6 is 0 Å². The number of hydrogen-bond acceptors (Lipinski definition) is 4. The molecule has 0 radical (unpaired) electrons. The molecule has 3 fully saturated rings. The van der Waals surface area contributed by atoms with Crippen LogP contribution in [0.1, 0.15) is 39.0 Å². The second kappa shape index (κ2) is 7.81. The van der Waals surface area contributed by atoms with E-state index < -0.39 is 5.60 Å². The van der Waals surface area contributed by atoms with Gasteiger partial charge in [0.1, 0.15) is 0 Å². The summed E-state index contributed by atoms with van der Waals surface area (Å²) in [5.74, 6) is 0.976. The molecule has 23 heavy (non-hydrogen) atoms. The molecular weight excluding hydrogens is 292 g/mol. The molecule has 2 N–H and O–H groups in total. The number of aliphatic hydroxyl groups is 1. The van der Waals surface area contributed by atoms with Crippen molar-refractivity contribution in [2.45, 2.75) is 50.7 Å². The molecule has 2 saturated heterocycles. The van der Waals surface area contributed by atoms with E-state index in [9.17, 15) is 5.11 Å². The highest BCUT2D eigenvalue weighted by molar-refractivity contribution is 5.80. The fourth-order valence-corrected chi connectivity index (χ4v) is 4.01. The number of nitrogens with zero attached hydrogens (tertiary/aromatic N) is 3. The minimum atomic E-state index is -0.565. The fourth-order valence-electron chi connectivity index (χ4n) is 4.01. The summed E-state index contributed by atoms with van der Waals surface area (Å²) in [5, 5.41) is 13.9. The van der Waals surface area contributed by atoms with E-state index in [1.807, 2.05) is 0 Å². The van der Waals surface area contributed by atoms with Crippen LogP contribution in [0.4, 0.5) is 0 Å². The molecule has 6 nitrogen and oxygen atoms in total. The monoisotopic (exact) mass is 324 g/mol. The van der Waals surface area contributed by atoms with Crippen molar-refractivity contribution < 1.29 is 9.84 Å². The predicted octanol–water partition coefficient (Wildman–Crippen LogP) is 0.664. The van der Waals surface area contributed by atoms with Crippen LogP contribution in [0.15, 0.2) is 4.99 Å². The van der Waals surface area contributed by atoms with Gasteiger partial charge in [0.2, 0.25) is 0 Å². The molecule has 2 aliphatic heterocycles. The third-order valence-electron chi connectivity index (χ3n) is 5.42. The molecule has 132 valence electrons. The third-order valence-corrected chi connectivity index (χ3v) is 5.42. The van der Waals surface area contributed by atoms with Gasteiger partial charge >= 0.3 is 0 Å². The first-order chi connectivity index (χ1) is 11.2. The summed E-state index contributed by atoms with van der Waals surface area (Å²) >= 11 is 0. The van der Waals surface area contributed by atoms with E-state index in [4.69, 9.17) is 9.73 Å². The Hall–Kier alpha value is -0.850. The van der Waals surface area contributed by atoms with Gasteiger partial charge in [-0.1, -0.05) is 12.8 Å². The summed E-state index contributed by atoms with van der Waals surface area (Å²) in [6.07, 6.45) is 5.24. The Morgan fingerprint density at radius 3 is 2.70 bits per heavy atom.